The normalized spacial score (nSPS) is 10.6. The minimum absolute atomic E-state index is 0.269. The molecule has 0 heterocycles. The van der Waals surface area contributed by atoms with E-state index in [2.05, 4.69) is 0 Å². The summed E-state index contributed by atoms with van der Waals surface area (Å²) < 4.78 is 9.91. The van der Waals surface area contributed by atoms with Crippen molar-refractivity contribution in [2.45, 2.75) is 46.0 Å². The molecule has 0 aliphatic carbocycles. The molecule has 1 rings (SSSR count). The topological polar surface area (TPSA) is 52.6 Å². The third-order valence-electron chi connectivity index (χ3n) is 3.51. The van der Waals surface area contributed by atoms with E-state index in [0.29, 0.717) is 6.42 Å². The van der Waals surface area contributed by atoms with Crippen molar-refractivity contribution in [3.63, 3.8) is 0 Å². The fourth-order valence-electron chi connectivity index (χ4n) is 2.32. The standard InChI is InChI=1S/C18H25ClO4/c1-3-22-17(20)16(18(21)23-4-2)9-7-5-6-8-14-10-12-15(19)13-11-14/h10-13,16H,3-9H2,1-2H3. The van der Waals surface area contributed by atoms with Gasteiger partial charge in [0.2, 0.25) is 0 Å². The van der Waals surface area contributed by atoms with Crippen LogP contribution in [0.25, 0.3) is 0 Å². The van der Waals surface area contributed by atoms with Gasteiger partial charge in [-0.15, -0.1) is 0 Å². The summed E-state index contributed by atoms with van der Waals surface area (Å²) in [4.78, 5) is 23.7. The molecule has 4 nitrogen and oxygen atoms in total. The number of hydrogen-bond acceptors (Lipinski definition) is 4. The van der Waals surface area contributed by atoms with Crippen molar-refractivity contribution in [2.75, 3.05) is 13.2 Å². The zero-order valence-corrected chi connectivity index (χ0v) is 14.6. The monoisotopic (exact) mass is 340 g/mol. The van der Waals surface area contributed by atoms with E-state index in [9.17, 15) is 9.59 Å². The van der Waals surface area contributed by atoms with Crippen LogP contribution in [-0.4, -0.2) is 25.2 Å². The van der Waals surface area contributed by atoms with E-state index in [-0.39, 0.29) is 13.2 Å². The van der Waals surface area contributed by atoms with Gasteiger partial charge < -0.3 is 9.47 Å². The number of benzene rings is 1. The molecule has 128 valence electrons. The van der Waals surface area contributed by atoms with Crippen molar-refractivity contribution < 1.29 is 19.1 Å². The van der Waals surface area contributed by atoms with Crippen LogP contribution < -0.4 is 0 Å². The molecule has 0 spiro atoms. The number of carbonyl (C=O) groups is 2. The summed E-state index contributed by atoms with van der Waals surface area (Å²) in [6.07, 6.45) is 4.16. The Labute approximate surface area is 143 Å². The number of ether oxygens (including phenoxy) is 2. The summed E-state index contributed by atoms with van der Waals surface area (Å²) in [7, 11) is 0. The molecule has 0 saturated carbocycles. The number of carbonyl (C=O) groups excluding carboxylic acids is 2. The summed E-state index contributed by atoms with van der Waals surface area (Å²) >= 11 is 5.85. The van der Waals surface area contributed by atoms with Crippen molar-refractivity contribution in [1.82, 2.24) is 0 Å². The van der Waals surface area contributed by atoms with E-state index in [1.54, 1.807) is 13.8 Å². The molecule has 1 aromatic rings. The van der Waals surface area contributed by atoms with Gasteiger partial charge in [-0.05, 0) is 50.8 Å². The van der Waals surface area contributed by atoms with E-state index in [1.165, 1.54) is 5.56 Å². The minimum atomic E-state index is -0.801. The fraction of sp³-hybridized carbons (Fsp3) is 0.556. The number of halogens is 1. The zero-order valence-electron chi connectivity index (χ0n) is 13.8. The van der Waals surface area contributed by atoms with Crippen LogP contribution in [0.4, 0.5) is 0 Å². The number of aryl methyl sites for hydroxylation is 1. The average molecular weight is 341 g/mol. The number of esters is 2. The molecule has 0 bridgehead atoms. The van der Waals surface area contributed by atoms with E-state index >= 15 is 0 Å². The lowest BCUT2D eigenvalue weighted by atomic mass is 9.99. The first-order valence-corrected chi connectivity index (χ1v) is 8.54. The van der Waals surface area contributed by atoms with Crippen LogP contribution in [0.2, 0.25) is 5.02 Å². The van der Waals surface area contributed by atoms with Crippen LogP contribution >= 0.6 is 11.6 Å². The van der Waals surface area contributed by atoms with Crippen LogP contribution in [-0.2, 0) is 25.5 Å². The van der Waals surface area contributed by atoms with E-state index in [1.807, 2.05) is 24.3 Å². The van der Waals surface area contributed by atoms with Gasteiger partial charge >= 0.3 is 11.9 Å². The summed E-state index contributed by atoms with van der Waals surface area (Å²) in [6.45, 7) is 4.00. The highest BCUT2D eigenvalue weighted by Gasteiger charge is 2.28. The van der Waals surface area contributed by atoms with Crippen molar-refractivity contribution in [1.29, 1.82) is 0 Å². The van der Waals surface area contributed by atoms with Gasteiger partial charge in [0.1, 0.15) is 0 Å². The third kappa shape index (κ3) is 7.51. The van der Waals surface area contributed by atoms with Crippen LogP contribution in [0.3, 0.4) is 0 Å². The van der Waals surface area contributed by atoms with Crippen molar-refractivity contribution in [3.05, 3.63) is 34.9 Å². The van der Waals surface area contributed by atoms with Gasteiger partial charge in [0.15, 0.2) is 5.92 Å². The van der Waals surface area contributed by atoms with E-state index in [0.717, 1.165) is 30.7 Å². The van der Waals surface area contributed by atoms with E-state index < -0.39 is 17.9 Å². The Kier molecular flexibility index (Phi) is 9.37. The highest BCUT2D eigenvalue weighted by atomic mass is 35.5. The maximum Gasteiger partial charge on any atom is 0.320 e. The molecule has 1 aromatic carbocycles. The Balaban J connectivity index is 2.35. The quantitative estimate of drug-likeness (QED) is 0.364. The van der Waals surface area contributed by atoms with Crippen molar-refractivity contribution >= 4 is 23.5 Å². The second-order valence-corrected chi connectivity index (χ2v) is 5.72. The first-order valence-electron chi connectivity index (χ1n) is 8.16. The van der Waals surface area contributed by atoms with Crippen LogP contribution in [0, 0.1) is 5.92 Å². The van der Waals surface area contributed by atoms with Gasteiger partial charge in [0, 0.05) is 5.02 Å². The van der Waals surface area contributed by atoms with Crippen LogP contribution in [0.5, 0.6) is 0 Å². The van der Waals surface area contributed by atoms with Gasteiger partial charge in [-0.3, -0.25) is 9.59 Å². The number of rotatable bonds is 10. The zero-order chi connectivity index (χ0) is 17.1. The van der Waals surface area contributed by atoms with Gasteiger partial charge in [0.05, 0.1) is 13.2 Å². The van der Waals surface area contributed by atoms with E-state index in [4.69, 9.17) is 21.1 Å². The Bertz CT molecular complexity index is 466. The Morgan fingerprint density at radius 1 is 0.957 bits per heavy atom. The number of unbranched alkanes of at least 4 members (excludes halogenated alkanes) is 2. The molecular weight excluding hydrogens is 316 g/mol. The van der Waals surface area contributed by atoms with Crippen LogP contribution in [0.1, 0.15) is 45.1 Å². The van der Waals surface area contributed by atoms with Gasteiger partial charge in [-0.2, -0.15) is 0 Å². The average Bonchev–Trinajstić information content (AvgIpc) is 2.53. The Morgan fingerprint density at radius 2 is 1.52 bits per heavy atom. The molecular formula is C18H25ClO4. The lowest BCUT2D eigenvalue weighted by Crippen LogP contribution is -2.28. The molecule has 0 fully saturated rings. The van der Waals surface area contributed by atoms with Gasteiger partial charge in [0.25, 0.3) is 0 Å². The highest BCUT2D eigenvalue weighted by molar-refractivity contribution is 6.30. The van der Waals surface area contributed by atoms with Crippen LogP contribution in [0.15, 0.2) is 24.3 Å². The second kappa shape index (κ2) is 11.1. The summed E-state index contributed by atoms with van der Waals surface area (Å²) in [5.41, 5.74) is 1.24. The molecule has 0 N–H and O–H groups in total. The molecule has 0 atom stereocenters. The molecule has 23 heavy (non-hydrogen) atoms. The van der Waals surface area contributed by atoms with Crippen molar-refractivity contribution in [2.24, 2.45) is 5.92 Å². The predicted molar refractivity (Wildman–Crippen MR) is 90.4 cm³/mol. The Hall–Kier alpha value is -1.55. The summed E-state index contributed by atoms with van der Waals surface area (Å²) in [5, 5.41) is 0.737. The van der Waals surface area contributed by atoms with Crippen molar-refractivity contribution in [3.8, 4) is 0 Å². The van der Waals surface area contributed by atoms with Gasteiger partial charge in [-0.1, -0.05) is 36.6 Å². The summed E-state index contributed by atoms with van der Waals surface area (Å²) in [5.74, 6) is -1.77. The maximum absolute atomic E-state index is 11.8. The predicted octanol–water partition coefficient (Wildman–Crippen LogP) is 4.19. The first kappa shape index (κ1) is 19.5. The molecule has 0 saturated heterocycles. The number of hydrogen-bond donors (Lipinski definition) is 0. The Morgan fingerprint density at radius 3 is 2.04 bits per heavy atom. The lowest BCUT2D eigenvalue weighted by Gasteiger charge is -2.14. The molecule has 0 unspecified atom stereocenters. The second-order valence-electron chi connectivity index (χ2n) is 5.28. The lowest BCUT2D eigenvalue weighted by molar-refractivity contribution is -0.161. The molecule has 0 aliphatic heterocycles. The third-order valence-corrected chi connectivity index (χ3v) is 3.77. The smallest absolute Gasteiger partial charge is 0.320 e. The highest BCUT2D eigenvalue weighted by Crippen LogP contribution is 2.16. The minimum Gasteiger partial charge on any atom is -0.465 e. The molecule has 0 amide bonds. The SMILES string of the molecule is CCOC(=O)C(CCCCCc1ccc(Cl)cc1)C(=O)OCC. The maximum atomic E-state index is 11.8. The molecule has 0 aliphatic rings. The molecule has 0 aromatic heterocycles. The largest absolute Gasteiger partial charge is 0.465 e. The molecule has 5 heteroatoms. The molecule has 0 radical (unpaired) electrons. The first-order chi connectivity index (χ1) is 11.1. The van der Waals surface area contributed by atoms with Gasteiger partial charge in [-0.25, -0.2) is 0 Å². The summed E-state index contributed by atoms with van der Waals surface area (Å²) in [6, 6.07) is 7.80. The fourth-order valence-corrected chi connectivity index (χ4v) is 2.45.